The lowest BCUT2D eigenvalue weighted by Crippen LogP contribution is -2.36. The van der Waals surface area contributed by atoms with E-state index in [1.54, 1.807) is 24.3 Å². The highest BCUT2D eigenvalue weighted by Gasteiger charge is 2.36. The number of hydrogen-bond donors (Lipinski definition) is 2. The molecule has 1 saturated heterocycles. The first kappa shape index (κ1) is 25.6. The fourth-order valence-corrected chi connectivity index (χ4v) is 4.12. The van der Waals surface area contributed by atoms with Gasteiger partial charge in [-0.3, -0.25) is 24.1 Å². The summed E-state index contributed by atoms with van der Waals surface area (Å²) < 4.78 is 31.9. The number of halogens is 2. The summed E-state index contributed by atoms with van der Waals surface area (Å²) >= 11 is 0.656. The lowest BCUT2D eigenvalue weighted by Gasteiger charge is -2.12. The van der Waals surface area contributed by atoms with Crippen LogP contribution in [0, 0.1) is 11.6 Å². The van der Waals surface area contributed by atoms with Crippen molar-refractivity contribution in [3.63, 3.8) is 0 Å². The van der Waals surface area contributed by atoms with Crippen molar-refractivity contribution in [3.05, 3.63) is 94.9 Å². The van der Waals surface area contributed by atoms with Crippen molar-refractivity contribution < 1.29 is 32.7 Å². The number of hydrogen-bond acceptors (Lipinski definition) is 6. The number of nitrogens with zero attached hydrogens (tertiary/aromatic N) is 1. The minimum absolute atomic E-state index is 0.0652. The van der Waals surface area contributed by atoms with Crippen LogP contribution in [0.15, 0.2) is 77.7 Å². The maximum Gasteiger partial charge on any atom is 0.294 e. The Kier molecular flexibility index (Phi) is 7.94. The highest BCUT2D eigenvalue weighted by Crippen LogP contribution is 2.34. The van der Waals surface area contributed by atoms with Crippen LogP contribution in [0.2, 0.25) is 0 Å². The van der Waals surface area contributed by atoms with Crippen molar-refractivity contribution in [2.24, 2.45) is 0 Å². The fraction of sp³-hybridized carbons (Fsp3) is 0.0769. The lowest BCUT2D eigenvalue weighted by molar-refractivity contribution is -0.127. The third-order valence-corrected chi connectivity index (χ3v) is 5.88. The molecular formula is C26H19F2N3O5S. The molecule has 11 heteroatoms. The molecule has 0 radical (unpaired) electrons. The maximum absolute atomic E-state index is 13.3. The monoisotopic (exact) mass is 523 g/mol. The van der Waals surface area contributed by atoms with Crippen molar-refractivity contribution in [1.82, 2.24) is 4.90 Å². The molecule has 0 spiro atoms. The van der Waals surface area contributed by atoms with Gasteiger partial charge in [-0.15, -0.1) is 0 Å². The van der Waals surface area contributed by atoms with Crippen LogP contribution in [0.5, 0.6) is 5.75 Å². The van der Waals surface area contributed by atoms with E-state index >= 15 is 0 Å². The highest BCUT2D eigenvalue weighted by molar-refractivity contribution is 8.18. The molecule has 37 heavy (non-hydrogen) atoms. The number of imide groups is 1. The number of benzene rings is 3. The number of anilines is 2. The second-order valence-corrected chi connectivity index (χ2v) is 8.70. The van der Waals surface area contributed by atoms with Gasteiger partial charge in [0.1, 0.15) is 23.9 Å². The van der Waals surface area contributed by atoms with Crippen molar-refractivity contribution in [3.8, 4) is 5.75 Å². The number of para-hydroxylation sites is 1. The number of nitrogens with one attached hydrogen (secondary N) is 2. The molecule has 3 aromatic rings. The average Bonchev–Trinajstić information content (AvgIpc) is 3.12. The van der Waals surface area contributed by atoms with Crippen LogP contribution in [0.4, 0.5) is 25.0 Å². The van der Waals surface area contributed by atoms with E-state index in [2.05, 4.69) is 10.6 Å². The van der Waals surface area contributed by atoms with Crippen molar-refractivity contribution in [1.29, 1.82) is 0 Å². The van der Waals surface area contributed by atoms with E-state index in [0.29, 0.717) is 23.0 Å². The second-order valence-electron chi connectivity index (χ2n) is 7.71. The van der Waals surface area contributed by atoms with E-state index < -0.39 is 41.1 Å². The number of amides is 4. The van der Waals surface area contributed by atoms with Crippen molar-refractivity contribution in [2.45, 2.75) is 0 Å². The molecule has 1 heterocycles. The summed E-state index contributed by atoms with van der Waals surface area (Å²) in [5, 5.41) is 4.38. The Morgan fingerprint density at radius 1 is 0.865 bits per heavy atom. The Bertz CT molecular complexity index is 1390. The van der Waals surface area contributed by atoms with Gasteiger partial charge in [0, 0.05) is 16.9 Å². The maximum atomic E-state index is 13.3. The third kappa shape index (κ3) is 6.79. The van der Waals surface area contributed by atoms with Gasteiger partial charge in [-0.25, -0.2) is 8.78 Å². The zero-order chi connectivity index (χ0) is 26.4. The lowest BCUT2D eigenvalue weighted by atomic mass is 10.2. The third-order valence-electron chi connectivity index (χ3n) is 4.98. The molecule has 4 rings (SSSR count). The summed E-state index contributed by atoms with van der Waals surface area (Å²) in [5.41, 5.74) is 1.03. The molecule has 1 aliphatic rings. The molecule has 1 fully saturated rings. The molecule has 0 unspecified atom stereocenters. The zero-order valence-electron chi connectivity index (χ0n) is 19.1. The molecule has 3 aromatic carbocycles. The van der Waals surface area contributed by atoms with Crippen LogP contribution in [0.3, 0.4) is 0 Å². The number of thioether (sulfide) groups is 1. The summed E-state index contributed by atoms with van der Waals surface area (Å²) in [6.45, 7) is -0.899. The molecular weight excluding hydrogens is 504 g/mol. The molecule has 0 aromatic heterocycles. The van der Waals surface area contributed by atoms with E-state index in [-0.39, 0.29) is 22.9 Å². The predicted molar refractivity (Wildman–Crippen MR) is 135 cm³/mol. The minimum atomic E-state index is -0.673. The quantitative estimate of drug-likeness (QED) is 0.417. The summed E-state index contributed by atoms with van der Waals surface area (Å²) in [7, 11) is 0. The first-order valence-corrected chi connectivity index (χ1v) is 11.7. The van der Waals surface area contributed by atoms with E-state index in [1.807, 2.05) is 0 Å². The second kappa shape index (κ2) is 11.5. The van der Waals surface area contributed by atoms with Gasteiger partial charge in [0.05, 0.1) is 4.91 Å². The number of rotatable bonds is 8. The van der Waals surface area contributed by atoms with E-state index in [9.17, 15) is 28.0 Å². The smallest absolute Gasteiger partial charge is 0.294 e. The van der Waals surface area contributed by atoms with Crippen LogP contribution in [0.25, 0.3) is 6.08 Å². The van der Waals surface area contributed by atoms with Gasteiger partial charge in [0.15, 0.2) is 6.61 Å². The summed E-state index contributed by atoms with van der Waals surface area (Å²) in [6, 6.07) is 17.1. The molecule has 8 nitrogen and oxygen atoms in total. The zero-order valence-corrected chi connectivity index (χ0v) is 19.9. The Balaban J connectivity index is 1.39. The Morgan fingerprint density at radius 2 is 1.59 bits per heavy atom. The Hall–Kier alpha value is -4.51. The van der Waals surface area contributed by atoms with Crippen LogP contribution >= 0.6 is 11.8 Å². The summed E-state index contributed by atoms with van der Waals surface area (Å²) in [4.78, 5) is 50.6. The number of carbonyl (C=O) groups is 4. The molecule has 0 saturated carbocycles. The highest BCUT2D eigenvalue weighted by atomic mass is 32.2. The fourth-order valence-electron chi connectivity index (χ4n) is 3.29. The summed E-state index contributed by atoms with van der Waals surface area (Å²) in [5.74, 6) is -2.50. The van der Waals surface area contributed by atoms with Gasteiger partial charge in [0.25, 0.3) is 17.1 Å². The van der Waals surface area contributed by atoms with Crippen LogP contribution < -0.4 is 15.4 Å². The van der Waals surface area contributed by atoms with E-state index in [1.165, 1.54) is 48.5 Å². The molecule has 188 valence electrons. The van der Waals surface area contributed by atoms with Crippen LogP contribution in [-0.4, -0.2) is 41.0 Å². The van der Waals surface area contributed by atoms with Gasteiger partial charge in [-0.1, -0.05) is 24.3 Å². The molecule has 0 aliphatic carbocycles. The van der Waals surface area contributed by atoms with Crippen molar-refractivity contribution >= 4 is 52.2 Å². The minimum Gasteiger partial charge on any atom is -0.483 e. The molecule has 4 amide bonds. The Morgan fingerprint density at radius 3 is 2.35 bits per heavy atom. The molecule has 1 aliphatic heterocycles. The van der Waals surface area contributed by atoms with Crippen LogP contribution in [0.1, 0.15) is 5.56 Å². The molecule has 0 atom stereocenters. The number of ether oxygens (including phenoxy) is 1. The molecule has 0 bridgehead atoms. The van der Waals surface area contributed by atoms with E-state index in [0.717, 1.165) is 11.0 Å². The first-order valence-electron chi connectivity index (χ1n) is 10.9. The van der Waals surface area contributed by atoms with Gasteiger partial charge in [0.2, 0.25) is 5.91 Å². The standard InChI is InChI=1S/C26H19F2N3O5S/c27-17-8-10-19(11-9-17)29-24(33)15-36-21-7-2-1-4-16(21)12-22-25(34)31(26(35)37-22)14-23(32)30-20-6-3-5-18(28)13-20/h1-13H,14-15H2,(H,29,33)(H,30,32)/b22-12+. The largest absolute Gasteiger partial charge is 0.483 e. The topological polar surface area (TPSA) is 105 Å². The SMILES string of the molecule is O=C(COc1ccccc1/C=C1/SC(=O)N(CC(=O)Nc2cccc(F)c2)C1=O)Nc1ccc(F)cc1. The van der Waals surface area contributed by atoms with E-state index in [4.69, 9.17) is 4.74 Å². The summed E-state index contributed by atoms with van der Waals surface area (Å²) in [6.07, 6.45) is 1.43. The van der Waals surface area contributed by atoms with Gasteiger partial charge in [-0.2, -0.15) is 0 Å². The molecule has 2 N–H and O–H groups in total. The number of carbonyl (C=O) groups excluding carboxylic acids is 4. The van der Waals surface area contributed by atoms with Gasteiger partial charge >= 0.3 is 0 Å². The van der Waals surface area contributed by atoms with Crippen molar-refractivity contribution in [2.75, 3.05) is 23.8 Å². The Labute approximate surface area is 214 Å². The normalized spacial score (nSPS) is 14.1. The van der Waals surface area contributed by atoms with Gasteiger partial charge in [-0.05, 0) is 66.4 Å². The first-order chi connectivity index (χ1) is 17.8. The average molecular weight is 524 g/mol. The van der Waals surface area contributed by atoms with Crippen LogP contribution in [-0.2, 0) is 14.4 Å². The predicted octanol–water partition coefficient (Wildman–Crippen LogP) is 4.66. The van der Waals surface area contributed by atoms with Gasteiger partial charge < -0.3 is 15.4 Å².